The topological polar surface area (TPSA) is 77.2 Å². The van der Waals surface area contributed by atoms with E-state index in [0.717, 1.165) is 5.56 Å². The van der Waals surface area contributed by atoms with E-state index in [9.17, 15) is 9.18 Å². The van der Waals surface area contributed by atoms with Crippen molar-refractivity contribution < 1.29 is 18.4 Å². The van der Waals surface area contributed by atoms with Crippen LogP contribution in [0.4, 0.5) is 10.1 Å². The van der Waals surface area contributed by atoms with Crippen molar-refractivity contribution in [2.24, 2.45) is 0 Å². The zero-order chi connectivity index (χ0) is 20.9. The number of amides is 1. The SMILES string of the molecule is Cc1ccccc1OCC(=O)Nc1ccccc1-c1nc(-c2ccc(F)cc2)no1. The average Bonchev–Trinajstić information content (AvgIpc) is 3.24. The zero-order valence-corrected chi connectivity index (χ0v) is 16.1. The van der Waals surface area contributed by atoms with E-state index < -0.39 is 0 Å². The molecule has 4 rings (SSSR count). The molecule has 4 aromatic rings. The number of nitrogens with zero attached hydrogens (tertiary/aromatic N) is 2. The number of ether oxygens (including phenoxy) is 1. The Labute approximate surface area is 172 Å². The number of halogens is 1. The number of rotatable bonds is 6. The van der Waals surface area contributed by atoms with E-state index in [1.165, 1.54) is 12.1 Å². The van der Waals surface area contributed by atoms with Crippen LogP contribution in [0.3, 0.4) is 0 Å². The average molecular weight is 403 g/mol. The summed E-state index contributed by atoms with van der Waals surface area (Å²) in [5.41, 5.74) is 2.66. The van der Waals surface area contributed by atoms with E-state index in [1.807, 2.05) is 31.2 Å². The molecular weight excluding hydrogens is 385 g/mol. The molecule has 0 bridgehead atoms. The summed E-state index contributed by atoms with van der Waals surface area (Å²) in [7, 11) is 0. The van der Waals surface area contributed by atoms with E-state index in [4.69, 9.17) is 9.26 Å². The van der Waals surface area contributed by atoms with Crippen LogP contribution in [-0.2, 0) is 4.79 Å². The number of para-hydroxylation sites is 2. The smallest absolute Gasteiger partial charge is 0.262 e. The van der Waals surface area contributed by atoms with Gasteiger partial charge in [0, 0.05) is 5.56 Å². The Bertz CT molecular complexity index is 1170. The molecule has 0 fully saturated rings. The lowest BCUT2D eigenvalue weighted by Gasteiger charge is -2.11. The summed E-state index contributed by atoms with van der Waals surface area (Å²) >= 11 is 0. The molecule has 7 heteroatoms. The molecule has 0 atom stereocenters. The minimum Gasteiger partial charge on any atom is -0.483 e. The minimum absolute atomic E-state index is 0.135. The van der Waals surface area contributed by atoms with Crippen LogP contribution in [0, 0.1) is 12.7 Å². The van der Waals surface area contributed by atoms with E-state index >= 15 is 0 Å². The van der Waals surface area contributed by atoms with Gasteiger partial charge in [-0.25, -0.2) is 4.39 Å². The highest BCUT2D eigenvalue weighted by molar-refractivity contribution is 5.95. The summed E-state index contributed by atoms with van der Waals surface area (Å²) in [6.07, 6.45) is 0. The fraction of sp³-hybridized carbons (Fsp3) is 0.0870. The van der Waals surface area contributed by atoms with Crippen molar-refractivity contribution >= 4 is 11.6 Å². The first-order valence-corrected chi connectivity index (χ1v) is 9.27. The van der Waals surface area contributed by atoms with Crippen molar-refractivity contribution in [2.75, 3.05) is 11.9 Å². The van der Waals surface area contributed by atoms with Crippen LogP contribution in [-0.4, -0.2) is 22.7 Å². The van der Waals surface area contributed by atoms with Gasteiger partial charge in [-0.15, -0.1) is 0 Å². The lowest BCUT2D eigenvalue weighted by molar-refractivity contribution is -0.118. The molecule has 3 aromatic carbocycles. The fourth-order valence-corrected chi connectivity index (χ4v) is 2.88. The zero-order valence-electron chi connectivity index (χ0n) is 16.1. The number of benzene rings is 3. The van der Waals surface area contributed by atoms with Crippen LogP contribution in [0.1, 0.15) is 5.56 Å². The maximum Gasteiger partial charge on any atom is 0.262 e. The predicted molar refractivity (Wildman–Crippen MR) is 110 cm³/mol. The summed E-state index contributed by atoms with van der Waals surface area (Å²) in [6.45, 7) is 1.78. The van der Waals surface area contributed by atoms with Crippen molar-refractivity contribution in [1.82, 2.24) is 10.1 Å². The number of carbonyl (C=O) groups excluding carboxylic acids is 1. The lowest BCUT2D eigenvalue weighted by atomic mass is 10.1. The molecule has 1 N–H and O–H groups in total. The van der Waals surface area contributed by atoms with Crippen LogP contribution in [0.15, 0.2) is 77.3 Å². The summed E-state index contributed by atoms with van der Waals surface area (Å²) in [4.78, 5) is 16.8. The van der Waals surface area contributed by atoms with Gasteiger partial charge in [0.05, 0.1) is 11.3 Å². The van der Waals surface area contributed by atoms with Gasteiger partial charge in [-0.1, -0.05) is 35.5 Å². The Balaban J connectivity index is 1.49. The van der Waals surface area contributed by atoms with E-state index in [2.05, 4.69) is 15.5 Å². The van der Waals surface area contributed by atoms with Crippen LogP contribution >= 0.6 is 0 Å². The summed E-state index contributed by atoms with van der Waals surface area (Å²) < 4.78 is 24.1. The summed E-state index contributed by atoms with van der Waals surface area (Å²) in [6, 6.07) is 20.4. The highest BCUT2D eigenvalue weighted by atomic mass is 19.1. The largest absolute Gasteiger partial charge is 0.483 e. The van der Waals surface area contributed by atoms with Gasteiger partial charge in [-0.05, 0) is 55.0 Å². The molecule has 0 saturated carbocycles. The maximum absolute atomic E-state index is 13.1. The van der Waals surface area contributed by atoms with E-state index in [0.29, 0.717) is 28.4 Å². The number of aromatic nitrogens is 2. The lowest BCUT2D eigenvalue weighted by Crippen LogP contribution is -2.20. The second-order valence-corrected chi connectivity index (χ2v) is 6.58. The van der Waals surface area contributed by atoms with Gasteiger partial charge in [0.1, 0.15) is 11.6 Å². The van der Waals surface area contributed by atoms with Gasteiger partial charge in [0.25, 0.3) is 11.8 Å². The predicted octanol–water partition coefficient (Wildman–Crippen LogP) is 4.87. The molecule has 0 spiro atoms. The highest BCUT2D eigenvalue weighted by Gasteiger charge is 2.16. The molecule has 1 amide bonds. The Morgan fingerprint density at radius 1 is 1.03 bits per heavy atom. The van der Waals surface area contributed by atoms with E-state index in [1.54, 1.807) is 36.4 Å². The molecular formula is C23H18FN3O3. The molecule has 0 radical (unpaired) electrons. The number of nitrogens with one attached hydrogen (secondary N) is 1. The molecule has 6 nitrogen and oxygen atoms in total. The van der Waals surface area contributed by atoms with Gasteiger partial charge < -0.3 is 14.6 Å². The van der Waals surface area contributed by atoms with Crippen LogP contribution in [0.25, 0.3) is 22.8 Å². The maximum atomic E-state index is 13.1. The molecule has 0 aliphatic heterocycles. The molecule has 0 unspecified atom stereocenters. The second kappa shape index (κ2) is 8.57. The third-order valence-corrected chi connectivity index (χ3v) is 4.41. The molecule has 1 heterocycles. The van der Waals surface area contributed by atoms with Gasteiger partial charge in [-0.3, -0.25) is 4.79 Å². The first-order chi connectivity index (χ1) is 14.6. The van der Waals surface area contributed by atoms with Crippen molar-refractivity contribution in [2.45, 2.75) is 6.92 Å². The minimum atomic E-state index is -0.344. The molecule has 0 aliphatic carbocycles. The monoisotopic (exact) mass is 403 g/mol. The first-order valence-electron chi connectivity index (χ1n) is 9.27. The number of hydrogen-bond acceptors (Lipinski definition) is 5. The molecule has 150 valence electrons. The Morgan fingerprint density at radius 2 is 1.77 bits per heavy atom. The van der Waals surface area contributed by atoms with Crippen molar-refractivity contribution in [1.29, 1.82) is 0 Å². The second-order valence-electron chi connectivity index (χ2n) is 6.58. The van der Waals surface area contributed by atoms with Gasteiger partial charge >= 0.3 is 0 Å². The normalized spacial score (nSPS) is 10.6. The number of hydrogen-bond donors (Lipinski definition) is 1. The van der Waals surface area contributed by atoms with Crippen molar-refractivity contribution in [3.63, 3.8) is 0 Å². The fourth-order valence-electron chi connectivity index (χ4n) is 2.88. The summed E-state index contributed by atoms with van der Waals surface area (Å²) in [5, 5.41) is 6.77. The number of aryl methyl sites for hydroxylation is 1. The Hall–Kier alpha value is -4.00. The third-order valence-electron chi connectivity index (χ3n) is 4.41. The number of carbonyl (C=O) groups is 1. The standard InChI is InChI=1S/C23H18FN3O3/c1-15-6-2-5-9-20(15)29-14-21(28)25-19-8-4-3-7-18(19)23-26-22(27-30-23)16-10-12-17(24)13-11-16/h2-13H,14H2,1H3,(H,25,28). The first kappa shape index (κ1) is 19.3. The van der Waals surface area contributed by atoms with Crippen LogP contribution < -0.4 is 10.1 Å². The molecule has 0 aliphatic rings. The number of anilines is 1. The quantitative estimate of drug-likeness (QED) is 0.497. The van der Waals surface area contributed by atoms with Crippen LogP contribution in [0.2, 0.25) is 0 Å². The molecule has 0 saturated heterocycles. The van der Waals surface area contributed by atoms with Gasteiger partial charge in [0.2, 0.25) is 5.82 Å². The van der Waals surface area contributed by atoms with Crippen LogP contribution in [0.5, 0.6) is 5.75 Å². The van der Waals surface area contributed by atoms with Crippen molar-refractivity contribution in [3.8, 4) is 28.6 Å². The molecule has 30 heavy (non-hydrogen) atoms. The highest BCUT2D eigenvalue weighted by Crippen LogP contribution is 2.28. The third kappa shape index (κ3) is 4.35. The Morgan fingerprint density at radius 3 is 2.57 bits per heavy atom. The van der Waals surface area contributed by atoms with E-state index in [-0.39, 0.29) is 24.2 Å². The summed E-state index contributed by atoms with van der Waals surface area (Å²) in [5.74, 6) is 0.563. The molecule has 1 aromatic heterocycles. The Kier molecular flexibility index (Phi) is 5.52. The van der Waals surface area contributed by atoms with Gasteiger partial charge in [-0.2, -0.15) is 4.98 Å². The van der Waals surface area contributed by atoms with Gasteiger partial charge in [0.15, 0.2) is 6.61 Å². The van der Waals surface area contributed by atoms with Crippen molar-refractivity contribution in [3.05, 3.63) is 84.2 Å².